The Balaban J connectivity index is 1.09. The number of likely N-dealkylation sites (tertiary alicyclic amines) is 1. The van der Waals surface area contributed by atoms with E-state index in [-0.39, 0.29) is 11.4 Å². The third-order valence-electron chi connectivity index (χ3n) is 8.23. The molecule has 1 saturated heterocycles. The third kappa shape index (κ3) is 5.23. The monoisotopic (exact) mass is 561 g/mol. The summed E-state index contributed by atoms with van der Waals surface area (Å²) in [5.41, 5.74) is 5.65. The molecule has 0 N–H and O–H groups in total. The lowest BCUT2D eigenvalue weighted by Crippen LogP contribution is -2.24. The smallest absolute Gasteiger partial charge is 0.266 e. The molecule has 6 aromatic rings. The average molecular weight is 562 g/mol. The maximum absolute atomic E-state index is 14.0. The van der Waals surface area contributed by atoms with Crippen LogP contribution in [-0.4, -0.2) is 53.6 Å². The van der Waals surface area contributed by atoms with Gasteiger partial charge in [-0.2, -0.15) is 10.2 Å². The Morgan fingerprint density at radius 3 is 2.64 bits per heavy atom. The summed E-state index contributed by atoms with van der Waals surface area (Å²) in [6.45, 7) is 6.69. The fourth-order valence-electron chi connectivity index (χ4n) is 5.90. The van der Waals surface area contributed by atoms with E-state index in [9.17, 15) is 9.18 Å². The number of fused-ring (bicyclic) bond motifs is 2. The number of hydrogen-bond donors (Lipinski definition) is 0. The first-order valence-corrected chi connectivity index (χ1v) is 14.5. The SMILES string of the molecule is Cc1cn(-c2ccc(=O)n(CCc3ccc4ncc(-c5cnn(CCN6CCCC6)c5)cc4c3)n2)c2cc(F)ccc12. The molecule has 8 nitrogen and oxygen atoms in total. The van der Waals surface area contributed by atoms with E-state index >= 15 is 0 Å². The number of halogens is 1. The topological polar surface area (TPSA) is 73.8 Å². The van der Waals surface area contributed by atoms with E-state index in [1.165, 1.54) is 48.8 Å². The van der Waals surface area contributed by atoms with Gasteiger partial charge in [-0.25, -0.2) is 9.07 Å². The van der Waals surface area contributed by atoms with Gasteiger partial charge >= 0.3 is 0 Å². The highest BCUT2D eigenvalue weighted by atomic mass is 19.1. The Kier molecular flexibility index (Phi) is 6.87. The second kappa shape index (κ2) is 11.0. The first-order chi connectivity index (χ1) is 20.5. The molecular weight excluding hydrogens is 529 g/mol. The Morgan fingerprint density at radius 2 is 1.76 bits per heavy atom. The summed E-state index contributed by atoms with van der Waals surface area (Å²) in [6.07, 6.45) is 11.0. The Labute approximate surface area is 242 Å². The van der Waals surface area contributed by atoms with Crippen molar-refractivity contribution in [1.29, 1.82) is 0 Å². The van der Waals surface area contributed by atoms with Gasteiger partial charge in [0.15, 0.2) is 5.82 Å². The minimum absolute atomic E-state index is 0.176. The number of nitrogens with zero attached hydrogens (tertiary/aromatic N) is 7. The number of aryl methyl sites for hydroxylation is 3. The van der Waals surface area contributed by atoms with Crippen molar-refractivity contribution >= 4 is 21.8 Å². The van der Waals surface area contributed by atoms with Crippen LogP contribution in [0.1, 0.15) is 24.0 Å². The average Bonchev–Trinajstić information content (AvgIpc) is 3.76. The lowest BCUT2D eigenvalue weighted by atomic mass is 10.1. The van der Waals surface area contributed by atoms with Crippen molar-refractivity contribution in [1.82, 2.24) is 34.0 Å². The summed E-state index contributed by atoms with van der Waals surface area (Å²) < 4.78 is 19.3. The van der Waals surface area contributed by atoms with Crippen LogP contribution in [0.5, 0.6) is 0 Å². The van der Waals surface area contributed by atoms with Gasteiger partial charge in [0.1, 0.15) is 5.82 Å². The molecule has 1 fully saturated rings. The van der Waals surface area contributed by atoms with Gasteiger partial charge in [-0.1, -0.05) is 6.07 Å². The van der Waals surface area contributed by atoms with Crippen LogP contribution in [-0.2, 0) is 19.5 Å². The van der Waals surface area contributed by atoms with Crippen LogP contribution in [0.3, 0.4) is 0 Å². The van der Waals surface area contributed by atoms with Crippen molar-refractivity contribution in [2.45, 2.75) is 39.3 Å². The second-order valence-electron chi connectivity index (χ2n) is 11.1. The molecule has 7 rings (SSSR count). The molecule has 0 aliphatic carbocycles. The molecule has 0 spiro atoms. The third-order valence-corrected chi connectivity index (χ3v) is 8.23. The maximum atomic E-state index is 14.0. The fourth-order valence-corrected chi connectivity index (χ4v) is 5.90. The normalized spacial score (nSPS) is 14.0. The number of aromatic nitrogens is 6. The zero-order chi connectivity index (χ0) is 28.6. The molecule has 2 aromatic carbocycles. The lowest BCUT2D eigenvalue weighted by Gasteiger charge is -2.13. The highest BCUT2D eigenvalue weighted by molar-refractivity contribution is 5.85. The van der Waals surface area contributed by atoms with E-state index in [1.54, 1.807) is 12.1 Å². The van der Waals surface area contributed by atoms with E-state index < -0.39 is 0 Å². The molecule has 212 valence electrons. The molecule has 9 heteroatoms. The van der Waals surface area contributed by atoms with Gasteiger partial charge < -0.3 is 4.90 Å². The minimum Gasteiger partial charge on any atom is -0.301 e. The molecule has 0 bridgehead atoms. The molecule has 0 unspecified atom stereocenters. The molecule has 0 amide bonds. The van der Waals surface area contributed by atoms with Gasteiger partial charge in [0.2, 0.25) is 0 Å². The van der Waals surface area contributed by atoms with Crippen molar-refractivity contribution in [3.63, 3.8) is 0 Å². The second-order valence-corrected chi connectivity index (χ2v) is 11.1. The molecule has 0 saturated carbocycles. The summed E-state index contributed by atoms with van der Waals surface area (Å²) in [4.78, 5) is 19.9. The van der Waals surface area contributed by atoms with Gasteiger partial charge in [0.05, 0.1) is 23.8 Å². The fraction of sp³-hybridized carbons (Fsp3) is 0.273. The van der Waals surface area contributed by atoms with E-state index in [0.29, 0.717) is 18.8 Å². The van der Waals surface area contributed by atoms with E-state index in [2.05, 4.69) is 38.4 Å². The lowest BCUT2D eigenvalue weighted by molar-refractivity contribution is 0.316. The first-order valence-electron chi connectivity index (χ1n) is 14.5. The van der Waals surface area contributed by atoms with Crippen molar-refractivity contribution < 1.29 is 4.39 Å². The zero-order valence-electron chi connectivity index (χ0n) is 23.6. The van der Waals surface area contributed by atoms with Gasteiger partial charge in [0, 0.05) is 59.6 Å². The van der Waals surface area contributed by atoms with Crippen LogP contribution in [0.25, 0.3) is 38.8 Å². The van der Waals surface area contributed by atoms with Crippen LogP contribution in [0, 0.1) is 12.7 Å². The van der Waals surface area contributed by atoms with Crippen molar-refractivity contribution in [2.24, 2.45) is 0 Å². The summed E-state index contributed by atoms with van der Waals surface area (Å²) in [6, 6.07) is 16.3. The van der Waals surface area contributed by atoms with E-state index in [1.807, 2.05) is 46.9 Å². The van der Waals surface area contributed by atoms with E-state index in [4.69, 9.17) is 0 Å². The standard InChI is InChI=1S/C33H32FN7O/c1-23-21-40(31-18-28(34)5-6-29(23)31)32-8-9-33(42)41(37-32)13-10-24-4-7-30-25(16-24)17-26(19-35-30)27-20-36-39(22-27)15-14-38-11-2-3-12-38/h4-9,16-22H,2-3,10-15H2,1H3. The van der Waals surface area contributed by atoms with Crippen molar-refractivity contribution in [3.8, 4) is 16.9 Å². The number of pyridine rings is 1. The van der Waals surface area contributed by atoms with Crippen molar-refractivity contribution in [3.05, 3.63) is 107 Å². The van der Waals surface area contributed by atoms with Gasteiger partial charge in [-0.05, 0) is 92.9 Å². The number of benzene rings is 2. The van der Waals surface area contributed by atoms with E-state index in [0.717, 1.165) is 57.1 Å². The highest BCUT2D eigenvalue weighted by Crippen LogP contribution is 2.25. The predicted molar refractivity (Wildman–Crippen MR) is 162 cm³/mol. The van der Waals surface area contributed by atoms with Crippen LogP contribution < -0.4 is 5.56 Å². The van der Waals surface area contributed by atoms with Gasteiger partial charge in [-0.15, -0.1) is 0 Å². The minimum atomic E-state index is -0.310. The van der Waals surface area contributed by atoms with Crippen molar-refractivity contribution in [2.75, 3.05) is 19.6 Å². The van der Waals surface area contributed by atoms with Gasteiger partial charge in [-0.3, -0.25) is 19.0 Å². The quantitative estimate of drug-likeness (QED) is 0.249. The van der Waals surface area contributed by atoms with Crippen LogP contribution in [0.15, 0.2) is 84.2 Å². The highest BCUT2D eigenvalue weighted by Gasteiger charge is 2.13. The van der Waals surface area contributed by atoms with Crippen LogP contribution >= 0.6 is 0 Å². The Morgan fingerprint density at radius 1 is 0.881 bits per heavy atom. The molecule has 0 atom stereocenters. The zero-order valence-corrected chi connectivity index (χ0v) is 23.6. The largest absolute Gasteiger partial charge is 0.301 e. The molecule has 4 aromatic heterocycles. The van der Waals surface area contributed by atoms with Gasteiger partial charge in [0.25, 0.3) is 5.56 Å². The molecule has 42 heavy (non-hydrogen) atoms. The number of rotatable bonds is 8. The van der Waals surface area contributed by atoms with Crippen LogP contribution in [0.2, 0.25) is 0 Å². The summed E-state index contributed by atoms with van der Waals surface area (Å²) in [5.74, 6) is 0.266. The maximum Gasteiger partial charge on any atom is 0.266 e. The van der Waals surface area contributed by atoms with Crippen LogP contribution in [0.4, 0.5) is 4.39 Å². The molecular formula is C33H32FN7O. The first kappa shape index (κ1) is 26.3. The molecule has 1 aliphatic rings. The summed E-state index contributed by atoms with van der Waals surface area (Å²) in [7, 11) is 0. The Bertz CT molecular complexity index is 1970. The summed E-state index contributed by atoms with van der Waals surface area (Å²) in [5, 5.41) is 11.2. The summed E-state index contributed by atoms with van der Waals surface area (Å²) >= 11 is 0. The molecule has 0 radical (unpaired) electrons. The number of hydrogen-bond acceptors (Lipinski definition) is 5. The Hall–Kier alpha value is -4.63. The predicted octanol–water partition coefficient (Wildman–Crippen LogP) is 5.38. The molecule has 5 heterocycles. The molecule has 1 aliphatic heterocycles.